The fourth-order valence-corrected chi connectivity index (χ4v) is 5.59. The number of aryl methyl sites for hydroxylation is 3. The van der Waals surface area contributed by atoms with E-state index in [9.17, 15) is 13.2 Å². The predicted molar refractivity (Wildman–Crippen MR) is 103 cm³/mol. The van der Waals surface area contributed by atoms with Gasteiger partial charge in [-0.2, -0.15) is 4.31 Å². The maximum atomic E-state index is 13.1. The standard InChI is InChI=1S/C19H31N3O3S/c1-13-10-14(2)18(15(3)11-13)26(24,25)22-8-6-17(7-9-22)19(23)21(5)16(4)12-20/h10-11,16-17H,6-9,12,20H2,1-5H3. The normalized spacial score (nSPS) is 17.9. The molecule has 7 heteroatoms. The number of carbonyl (C=O) groups is 1. The highest BCUT2D eigenvalue weighted by Gasteiger charge is 2.35. The lowest BCUT2D eigenvalue weighted by Crippen LogP contribution is -2.47. The van der Waals surface area contributed by atoms with Gasteiger partial charge in [-0.3, -0.25) is 4.79 Å². The zero-order chi connectivity index (χ0) is 19.6. The molecule has 1 unspecified atom stereocenters. The highest BCUT2D eigenvalue weighted by Crippen LogP contribution is 2.29. The lowest BCUT2D eigenvalue weighted by atomic mass is 9.96. The van der Waals surface area contributed by atoms with Gasteiger partial charge in [-0.05, 0) is 51.7 Å². The number of piperidine rings is 1. The van der Waals surface area contributed by atoms with Crippen LogP contribution in [0.15, 0.2) is 17.0 Å². The first-order valence-electron chi connectivity index (χ1n) is 9.14. The van der Waals surface area contributed by atoms with Gasteiger partial charge in [0.1, 0.15) is 0 Å². The molecule has 0 bridgehead atoms. The van der Waals surface area contributed by atoms with E-state index in [1.54, 1.807) is 11.9 Å². The van der Waals surface area contributed by atoms with Crippen molar-refractivity contribution in [3.8, 4) is 0 Å². The van der Waals surface area contributed by atoms with Crippen molar-refractivity contribution in [2.24, 2.45) is 11.7 Å². The zero-order valence-corrected chi connectivity index (χ0v) is 17.3. The van der Waals surface area contributed by atoms with Crippen LogP contribution in [0.3, 0.4) is 0 Å². The number of amides is 1. The highest BCUT2D eigenvalue weighted by molar-refractivity contribution is 7.89. The number of benzene rings is 1. The third kappa shape index (κ3) is 4.10. The molecule has 0 radical (unpaired) electrons. The summed E-state index contributed by atoms with van der Waals surface area (Å²) in [6.45, 7) is 8.72. The minimum atomic E-state index is -3.54. The third-order valence-electron chi connectivity index (χ3n) is 5.36. The summed E-state index contributed by atoms with van der Waals surface area (Å²) in [4.78, 5) is 14.7. The second-order valence-electron chi connectivity index (χ2n) is 7.44. The minimum Gasteiger partial charge on any atom is -0.342 e. The van der Waals surface area contributed by atoms with Crippen LogP contribution in [0.1, 0.15) is 36.5 Å². The van der Waals surface area contributed by atoms with E-state index in [1.165, 1.54) is 4.31 Å². The maximum absolute atomic E-state index is 13.1. The SMILES string of the molecule is Cc1cc(C)c(S(=O)(=O)N2CCC(C(=O)N(C)C(C)CN)CC2)c(C)c1. The molecule has 1 aliphatic rings. The number of rotatable bonds is 5. The zero-order valence-electron chi connectivity index (χ0n) is 16.4. The van der Waals surface area contributed by atoms with E-state index in [-0.39, 0.29) is 17.9 Å². The van der Waals surface area contributed by atoms with Crippen LogP contribution in [-0.4, -0.2) is 56.3 Å². The molecule has 1 fully saturated rings. The molecule has 1 aromatic carbocycles. The maximum Gasteiger partial charge on any atom is 0.243 e. The first-order valence-corrected chi connectivity index (χ1v) is 10.6. The molecular weight excluding hydrogens is 350 g/mol. The average Bonchev–Trinajstić information content (AvgIpc) is 2.58. The molecule has 1 saturated heterocycles. The van der Waals surface area contributed by atoms with Crippen molar-refractivity contribution in [3.63, 3.8) is 0 Å². The molecule has 6 nitrogen and oxygen atoms in total. The summed E-state index contributed by atoms with van der Waals surface area (Å²) in [7, 11) is -1.78. The quantitative estimate of drug-likeness (QED) is 0.843. The van der Waals surface area contributed by atoms with E-state index in [0.29, 0.717) is 37.4 Å². The van der Waals surface area contributed by atoms with Crippen molar-refractivity contribution in [3.05, 3.63) is 28.8 Å². The monoisotopic (exact) mass is 381 g/mol. The molecule has 0 saturated carbocycles. The van der Waals surface area contributed by atoms with Gasteiger partial charge in [0.25, 0.3) is 0 Å². The van der Waals surface area contributed by atoms with Gasteiger partial charge >= 0.3 is 0 Å². The van der Waals surface area contributed by atoms with Gasteiger partial charge in [-0.25, -0.2) is 8.42 Å². The van der Waals surface area contributed by atoms with Gasteiger partial charge in [-0.15, -0.1) is 0 Å². The molecule has 2 N–H and O–H groups in total. The van der Waals surface area contributed by atoms with E-state index in [2.05, 4.69) is 0 Å². The molecular formula is C19H31N3O3S. The summed E-state index contributed by atoms with van der Waals surface area (Å²) in [6, 6.07) is 3.79. The highest BCUT2D eigenvalue weighted by atomic mass is 32.2. The summed E-state index contributed by atoms with van der Waals surface area (Å²) in [5, 5.41) is 0. The molecule has 0 spiro atoms. The van der Waals surface area contributed by atoms with Crippen LogP contribution in [0.2, 0.25) is 0 Å². The summed E-state index contributed by atoms with van der Waals surface area (Å²) in [6.07, 6.45) is 1.09. The number of sulfonamides is 1. The number of hydrogen-bond acceptors (Lipinski definition) is 4. The Labute approximate surface area is 157 Å². The van der Waals surface area contributed by atoms with Crippen molar-refractivity contribution >= 4 is 15.9 Å². The molecule has 1 amide bonds. The van der Waals surface area contributed by atoms with Gasteiger partial charge in [0.15, 0.2) is 0 Å². The molecule has 0 aromatic heterocycles. The van der Waals surface area contributed by atoms with Crippen molar-refractivity contribution in [2.45, 2.75) is 51.5 Å². The Bertz CT molecular complexity index is 745. The van der Waals surface area contributed by atoms with E-state index in [0.717, 1.165) is 16.7 Å². The predicted octanol–water partition coefficient (Wildman–Crippen LogP) is 1.82. The molecule has 2 rings (SSSR count). The smallest absolute Gasteiger partial charge is 0.243 e. The molecule has 1 atom stereocenters. The fraction of sp³-hybridized carbons (Fsp3) is 0.632. The summed E-state index contributed by atoms with van der Waals surface area (Å²) >= 11 is 0. The number of nitrogens with zero attached hydrogens (tertiary/aromatic N) is 2. The van der Waals surface area contributed by atoms with E-state index < -0.39 is 10.0 Å². The van der Waals surface area contributed by atoms with Crippen LogP contribution in [0.5, 0.6) is 0 Å². The van der Waals surface area contributed by atoms with E-state index in [4.69, 9.17) is 5.73 Å². The first kappa shape index (κ1) is 20.9. The van der Waals surface area contributed by atoms with Gasteiger partial charge in [0.05, 0.1) is 4.90 Å². The second kappa shape index (κ2) is 8.06. The van der Waals surface area contributed by atoms with Gasteiger partial charge < -0.3 is 10.6 Å². The third-order valence-corrected chi connectivity index (χ3v) is 7.56. The van der Waals surface area contributed by atoms with Crippen LogP contribution in [0.25, 0.3) is 0 Å². The van der Waals surface area contributed by atoms with Crippen molar-refractivity contribution in [1.29, 1.82) is 0 Å². The molecule has 1 heterocycles. The molecule has 146 valence electrons. The number of nitrogens with two attached hydrogens (primary N) is 1. The van der Waals surface area contributed by atoms with E-state index >= 15 is 0 Å². The Morgan fingerprint density at radius 2 is 1.73 bits per heavy atom. The van der Waals surface area contributed by atoms with Crippen LogP contribution in [-0.2, 0) is 14.8 Å². The van der Waals surface area contributed by atoms with Crippen molar-refractivity contribution < 1.29 is 13.2 Å². The fourth-order valence-electron chi connectivity index (χ4n) is 3.71. The Kier molecular flexibility index (Phi) is 6.47. The molecule has 0 aliphatic carbocycles. The second-order valence-corrected chi connectivity index (χ2v) is 9.31. The number of carbonyl (C=O) groups excluding carboxylic acids is 1. The van der Waals surface area contributed by atoms with Crippen LogP contribution >= 0.6 is 0 Å². The lowest BCUT2D eigenvalue weighted by Gasteiger charge is -2.34. The van der Waals surface area contributed by atoms with Crippen molar-refractivity contribution in [2.75, 3.05) is 26.7 Å². The molecule has 1 aromatic rings. The summed E-state index contributed by atoms with van der Waals surface area (Å²) < 4.78 is 27.8. The van der Waals surface area contributed by atoms with Crippen LogP contribution in [0, 0.1) is 26.7 Å². The van der Waals surface area contributed by atoms with Gasteiger partial charge in [0.2, 0.25) is 15.9 Å². The lowest BCUT2D eigenvalue weighted by molar-refractivity contribution is -0.137. The first-order chi connectivity index (χ1) is 12.1. The Morgan fingerprint density at radius 3 is 2.19 bits per heavy atom. The molecule has 1 aliphatic heterocycles. The van der Waals surface area contributed by atoms with Crippen molar-refractivity contribution in [1.82, 2.24) is 9.21 Å². The molecule has 26 heavy (non-hydrogen) atoms. The Morgan fingerprint density at radius 1 is 1.23 bits per heavy atom. The Balaban J connectivity index is 2.14. The number of likely N-dealkylation sites (N-methyl/N-ethyl adjacent to an activating group) is 1. The topological polar surface area (TPSA) is 83.7 Å². The minimum absolute atomic E-state index is 0.0119. The summed E-state index contributed by atoms with van der Waals surface area (Å²) in [5.41, 5.74) is 8.25. The largest absolute Gasteiger partial charge is 0.342 e. The Hall–Kier alpha value is -1.44. The van der Waals surface area contributed by atoms with E-state index in [1.807, 2.05) is 39.8 Å². The van der Waals surface area contributed by atoms with Gasteiger partial charge in [-0.1, -0.05) is 17.7 Å². The van der Waals surface area contributed by atoms with Crippen LogP contribution in [0.4, 0.5) is 0 Å². The van der Waals surface area contributed by atoms with Gasteiger partial charge in [0, 0.05) is 38.6 Å². The van der Waals surface area contributed by atoms with Crippen LogP contribution < -0.4 is 5.73 Å². The number of hydrogen-bond donors (Lipinski definition) is 1. The summed E-state index contributed by atoms with van der Waals surface area (Å²) in [5.74, 6) is -0.0802. The average molecular weight is 382 g/mol.